The first-order valence-corrected chi connectivity index (χ1v) is 20.9. The van der Waals surface area contributed by atoms with Gasteiger partial charge in [0, 0.05) is 59.6 Å². The second-order valence-corrected chi connectivity index (χ2v) is 16.2. The summed E-state index contributed by atoms with van der Waals surface area (Å²) in [7, 11) is 0. The van der Waals surface area contributed by atoms with Crippen LogP contribution in [0.5, 0.6) is 0 Å². The Hall–Kier alpha value is -6.68. The van der Waals surface area contributed by atoms with Crippen molar-refractivity contribution in [2.45, 2.75) is 25.7 Å². The van der Waals surface area contributed by atoms with E-state index in [1.54, 1.807) is 0 Å². The maximum Gasteiger partial charge on any atom is 0.0552 e. The largest absolute Gasteiger partial charge is 0.313 e. The molecular formula is C54H40N2S. The number of anilines is 3. The molecule has 57 heavy (non-hydrogen) atoms. The molecule has 0 spiro atoms. The highest BCUT2D eigenvalue weighted by atomic mass is 32.1. The van der Waals surface area contributed by atoms with Gasteiger partial charge in [0.15, 0.2) is 0 Å². The molecule has 0 saturated heterocycles. The highest BCUT2D eigenvalue weighted by molar-refractivity contribution is 7.26. The van der Waals surface area contributed by atoms with Crippen LogP contribution in [0.25, 0.3) is 65.1 Å². The van der Waals surface area contributed by atoms with E-state index >= 15 is 0 Å². The third-order valence-electron chi connectivity index (χ3n) is 11.8. The van der Waals surface area contributed by atoms with E-state index in [1.807, 2.05) is 11.3 Å². The average Bonchev–Trinajstić information content (AvgIpc) is 3.84. The monoisotopic (exact) mass is 748 g/mol. The quantitative estimate of drug-likeness (QED) is 0.158. The Labute approximate surface area is 337 Å². The van der Waals surface area contributed by atoms with E-state index in [0.717, 1.165) is 42.7 Å². The van der Waals surface area contributed by atoms with Crippen LogP contribution in [0.3, 0.4) is 0 Å². The first-order valence-electron chi connectivity index (χ1n) is 20.0. The molecular weight excluding hydrogens is 709 g/mol. The van der Waals surface area contributed by atoms with E-state index in [-0.39, 0.29) is 0 Å². The summed E-state index contributed by atoms with van der Waals surface area (Å²) in [4.78, 5) is 2.38. The van der Waals surface area contributed by atoms with Crippen molar-refractivity contribution >= 4 is 76.7 Å². The summed E-state index contributed by atoms with van der Waals surface area (Å²) in [5.41, 5.74) is 16.3. The zero-order valence-electron chi connectivity index (χ0n) is 31.6. The van der Waals surface area contributed by atoms with Crippen molar-refractivity contribution in [1.82, 2.24) is 4.57 Å². The third-order valence-corrected chi connectivity index (χ3v) is 13.0. The van der Waals surface area contributed by atoms with E-state index in [4.69, 9.17) is 0 Å². The van der Waals surface area contributed by atoms with Crippen LogP contribution in [0.4, 0.5) is 17.1 Å². The molecule has 2 aliphatic carbocycles. The van der Waals surface area contributed by atoms with Crippen LogP contribution in [-0.4, -0.2) is 4.57 Å². The molecule has 272 valence electrons. The number of benzene rings is 7. The van der Waals surface area contributed by atoms with Crippen molar-refractivity contribution in [1.29, 1.82) is 0 Å². The first kappa shape index (κ1) is 33.6. The number of hydrogen-bond donors (Lipinski definition) is 0. The fourth-order valence-electron chi connectivity index (χ4n) is 8.97. The summed E-state index contributed by atoms with van der Waals surface area (Å²) >= 11 is 1.92. The lowest BCUT2D eigenvalue weighted by atomic mass is 9.91. The predicted octanol–water partition coefficient (Wildman–Crippen LogP) is 15.4. The van der Waals surface area contributed by atoms with Crippen molar-refractivity contribution in [3.63, 3.8) is 0 Å². The molecule has 2 nitrogen and oxygen atoms in total. The van der Waals surface area contributed by atoms with Gasteiger partial charge in [-0.25, -0.2) is 0 Å². The standard InChI is InChI=1S/C54H40N2S/c1-4-12-37(13-5-1)39-20-27-44(28-21-39)55(45-29-22-40(23-30-45)38-14-6-2-7-15-38)46-31-24-41(25-32-46)42-26-34-50-49(36-42)53-51(56(50)43-16-8-3-9-17-43)35-33-48-47-18-10-11-19-52(47)57-54(48)53/h1,3-6,8-25,27-33,35-36H,2,7,26,34H2. The Bertz CT molecular complexity index is 3020. The molecule has 7 aromatic carbocycles. The number of nitrogens with zero attached hydrogens (tertiary/aromatic N) is 2. The van der Waals surface area contributed by atoms with Crippen molar-refractivity contribution in [3.05, 3.63) is 210 Å². The zero-order valence-corrected chi connectivity index (χ0v) is 32.4. The van der Waals surface area contributed by atoms with Crippen LogP contribution in [0.2, 0.25) is 0 Å². The van der Waals surface area contributed by atoms with Crippen molar-refractivity contribution in [2.24, 2.45) is 0 Å². The Balaban J connectivity index is 1.00. The number of hydrogen-bond acceptors (Lipinski definition) is 2. The molecule has 0 radical (unpaired) electrons. The lowest BCUT2D eigenvalue weighted by molar-refractivity contribution is 0.898. The summed E-state index contributed by atoms with van der Waals surface area (Å²) in [6, 6.07) is 62.3. The molecule has 0 unspecified atom stereocenters. The van der Waals surface area contributed by atoms with Crippen LogP contribution in [0.15, 0.2) is 188 Å². The van der Waals surface area contributed by atoms with E-state index in [0.29, 0.717) is 0 Å². The predicted molar refractivity (Wildman–Crippen MR) is 245 cm³/mol. The molecule has 0 aliphatic heterocycles. The van der Waals surface area contributed by atoms with Crippen molar-refractivity contribution < 1.29 is 0 Å². The van der Waals surface area contributed by atoms with Crippen LogP contribution >= 0.6 is 11.3 Å². The fourth-order valence-corrected chi connectivity index (χ4v) is 10.2. The van der Waals surface area contributed by atoms with Gasteiger partial charge in [-0.2, -0.15) is 0 Å². The van der Waals surface area contributed by atoms with Crippen molar-refractivity contribution in [2.75, 3.05) is 4.90 Å². The van der Waals surface area contributed by atoms with Gasteiger partial charge in [0.25, 0.3) is 0 Å². The van der Waals surface area contributed by atoms with Crippen molar-refractivity contribution in [3.8, 4) is 16.8 Å². The number of thiophene rings is 1. The number of aromatic nitrogens is 1. The first-order chi connectivity index (χ1) is 28.3. The van der Waals surface area contributed by atoms with Gasteiger partial charge in [0.2, 0.25) is 0 Å². The van der Waals surface area contributed by atoms with Gasteiger partial charge in [0.1, 0.15) is 0 Å². The molecule has 0 bridgehead atoms. The van der Waals surface area contributed by atoms with Crippen LogP contribution in [-0.2, 0) is 6.42 Å². The Morgan fingerprint density at radius 1 is 0.509 bits per heavy atom. The van der Waals surface area contributed by atoms with Gasteiger partial charge >= 0.3 is 0 Å². The molecule has 0 N–H and O–H groups in total. The molecule has 0 atom stereocenters. The minimum Gasteiger partial charge on any atom is -0.313 e. The number of para-hydroxylation sites is 1. The Morgan fingerprint density at radius 3 is 1.84 bits per heavy atom. The van der Waals surface area contributed by atoms with Crippen LogP contribution in [0, 0.1) is 0 Å². The molecule has 2 aliphatic rings. The number of rotatable bonds is 7. The second kappa shape index (κ2) is 14.1. The van der Waals surface area contributed by atoms with Gasteiger partial charge in [-0.05, 0) is 126 Å². The summed E-state index contributed by atoms with van der Waals surface area (Å²) in [5.74, 6) is 0. The highest BCUT2D eigenvalue weighted by Gasteiger charge is 2.25. The fraction of sp³-hybridized carbons (Fsp3) is 0.0741. The molecule has 0 fully saturated rings. The lowest BCUT2D eigenvalue weighted by Crippen LogP contribution is -2.10. The number of fused-ring (bicyclic) bond motifs is 7. The summed E-state index contributed by atoms with van der Waals surface area (Å²) in [6.45, 7) is 0. The smallest absolute Gasteiger partial charge is 0.0552 e. The van der Waals surface area contributed by atoms with E-state index in [2.05, 4.69) is 204 Å². The van der Waals surface area contributed by atoms with Crippen LogP contribution < -0.4 is 4.90 Å². The van der Waals surface area contributed by atoms with Gasteiger partial charge in [-0.15, -0.1) is 11.3 Å². The minimum absolute atomic E-state index is 0.983. The molecule has 11 rings (SSSR count). The second-order valence-electron chi connectivity index (χ2n) is 15.1. The summed E-state index contributed by atoms with van der Waals surface area (Å²) < 4.78 is 5.23. The number of allylic oxidation sites excluding steroid dienone is 5. The summed E-state index contributed by atoms with van der Waals surface area (Å²) in [6.07, 6.45) is 13.6. The van der Waals surface area contributed by atoms with Gasteiger partial charge in [-0.3, -0.25) is 0 Å². The molecule has 9 aromatic rings. The minimum atomic E-state index is 0.983. The Kier molecular flexibility index (Phi) is 8.33. The van der Waals surface area contributed by atoms with Crippen LogP contribution in [0.1, 0.15) is 41.6 Å². The molecule has 0 saturated carbocycles. The lowest BCUT2D eigenvalue weighted by Gasteiger charge is -2.26. The molecule has 2 heterocycles. The van der Waals surface area contributed by atoms with Gasteiger partial charge in [0.05, 0.1) is 5.52 Å². The van der Waals surface area contributed by atoms with Gasteiger partial charge in [-0.1, -0.05) is 127 Å². The Morgan fingerprint density at radius 2 is 1.14 bits per heavy atom. The molecule has 2 aromatic heterocycles. The SMILES string of the molecule is C1=CC(c2ccc(N(c3ccc(C4=Cc5c(n(-c6ccccc6)c6ccc7c8ccccc8sc7c56)CC4)cc3)c3ccc(-c4ccccc4)cc3)cc2)=CCC1. The normalized spacial score (nSPS) is 13.8. The molecule has 3 heteroatoms. The average molecular weight is 749 g/mol. The summed E-state index contributed by atoms with van der Waals surface area (Å²) in [5, 5.41) is 4.06. The van der Waals surface area contributed by atoms with E-state index < -0.39 is 0 Å². The maximum atomic E-state index is 2.51. The topological polar surface area (TPSA) is 8.17 Å². The van der Waals surface area contributed by atoms with E-state index in [9.17, 15) is 0 Å². The van der Waals surface area contributed by atoms with Gasteiger partial charge < -0.3 is 9.47 Å². The van der Waals surface area contributed by atoms with E-state index in [1.165, 1.54) is 81.4 Å². The zero-order chi connectivity index (χ0) is 37.7. The maximum absolute atomic E-state index is 2.51. The molecule has 0 amide bonds. The third kappa shape index (κ3) is 5.94. The highest BCUT2D eigenvalue weighted by Crippen LogP contribution is 2.46.